The van der Waals surface area contributed by atoms with Crippen LogP contribution in [0.2, 0.25) is 0 Å². The fourth-order valence-electron chi connectivity index (χ4n) is 6.34. The molecule has 0 N–H and O–H groups in total. The summed E-state index contributed by atoms with van der Waals surface area (Å²) in [5.74, 6) is 0. The summed E-state index contributed by atoms with van der Waals surface area (Å²) in [4.78, 5) is 0. The van der Waals surface area contributed by atoms with Crippen LogP contribution in [0.15, 0.2) is 37.4 Å². The number of hydrogen-bond acceptors (Lipinski definition) is 2. The van der Waals surface area contributed by atoms with Crippen LogP contribution < -0.4 is 9.13 Å². The van der Waals surface area contributed by atoms with Gasteiger partial charge in [0, 0.05) is 0 Å². The molecule has 0 aliphatic rings. The van der Waals surface area contributed by atoms with Gasteiger partial charge in [-0.2, -0.15) is 0 Å². The molecule has 0 unspecified atom stereocenters. The second kappa shape index (κ2) is 30.7. The first-order valence-electron chi connectivity index (χ1n) is 20.1. The highest BCUT2D eigenvalue weighted by Crippen LogP contribution is 2.13. The van der Waals surface area contributed by atoms with Crippen LogP contribution >= 0.6 is 0 Å². The van der Waals surface area contributed by atoms with Crippen LogP contribution in [0.3, 0.4) is 0 Å². The lowest BCUT2D eigenvalue weighted by Gasteiger charge is -2.04. The van der Waals surface area contributed by atoms with Crippen molar-refractivity contribution in [2.75, 3.05) is 26.4 Å². The quantitative estimate of drug-likeness (QED) is 0.0553. The van der Waals surface area contributed by atoms with E-state index in [2.05, 4.69) is 69.6 Å². The average Bonchev–Trinajstić information content (AvgIpc) is 3.72. The van der Waals surface area contributed by atoms with E-state index in [0.29, 0.717) is 13.2 Å². The minimum absolute atomic E-state index is 0.658. The van der Waals surface area contributed by atoms with Gasteiger partial charge >= 0.3 is 0 Å². The first kappa shape index (κ1) is 40.5. The molecule has 2 aromatic heterocycles. The van der Waals surface area contributed by atoms with Gasteiger partial charge in [-0.1, -0.05) is 142 Å². The van der Waals surface area contributed by atoms with Crippen LogP contribution in [-0.4, -0.2) is 35.6 Å². The van der Waals surface area contributed by atoms with Crippen molar-refractivity contribution in [3.05, 3.63) is 37.4 Å². The van der Waals surface area contributed by atoms with Crippen molar-refractivity contribution >= 4 is 0 Å². The molecule has 0 aliphatic carbocycles. The smallest absolute Gasteiger partial charge is 0.243 e. The maximum Gasteiger partial charge on any atom is 0.243 e. The van der Waals surface area contributed by atoms with Gasteiger partial charge in [-0.15, -0.1) is 0 Å². The van der Waals surface area contributed by atoms with Crippen LogP contribution in [-0.2, 0) is 35.7 Å². The third-order valence-corrected chi connectivity index (χ3v) is 9.39. The Hall–Kier alpha value is -1.66. The van der Waals surface area contributed by atoms with E-state index in [9.17, 15) is 0 Å². The number of unbranched alkanes of at least 4 members (excludes halogenated alkanes) is 22. The minimum Gasteiger partial charge on any atom is -0.375 e. The largest absolute Gasteiger partial charge is 0.375 e. The van der Waals surface area contributed by atoms with Gasteiger partial charge in [-0.3, -0.25) is 0 Å². The van der Waals surface area contributed by atoms with Crippen molar-refractivity contribution in [1.29, 1.82) is 0 Å². The number of aromatic nitrogens is 4. The van der Waals surface area contributed by atoms with Crippen LogP contribution in [0.25, 0.3) is 0 Å². The summed E-state index contributed by atoms with van der Waals surface area (Å²) in [7, 11) is 0. The Morgan fingerprint density at radius 3 is 1.02 bits per heavy atom. The molecule has 0 radical (unpaired) electrons. The fraction of sp³-hybridized carbons (Fsp3) is 0.850. The average molecular weight is 645 g/mol. The van der Waals surface area contributed by atoms with Gasteiger partial charge in [0.05, 0.1) is 39.5 Å². The Labute approximate surface area is 285 Å². The van der Waals surface area contributed by atoms with Gasteiger partial charge in [0.25, 0.3) is 0 Å². The molecular weight excluding hydrogens is 568 g/mol. The summed E-state index contributed by atoms with van der Waals surface area (Å²) in [6, 6.07) is 0. The predicted octanol–water partition coefficient (Wildman–Crippen LogP) is 10.0. The van der Waals surface area contributed by atoms with E-state index < -0.39 is 0 Å². The SMILES string of the molecule is CCCCCCCCCCCCCC[n+]1ccn(CCOCCOCCn2cc[n+](CCCCCCCCCCCCCC)c2)c1. The summed E-state index contributed by atoms with van der Waals surface area (Å²) < 4.78 is 20.8. The first-order valence-corrected chi connectivity index (χ1v) is 20.1. The third-order valence-electron chi connectivity index (χ3n) is 9.39. The van der Waals surface area contributed by atoms with Crippen molar-refractivity contribution in [3.8, 4) is 0 Å². The highest BCUT2D eigenvalue weighted by atomic mass is 16.5. The zero-order chi connectivity index (χ0) is 32.6. The number of aryl methyl sites for hydroxylation is 2. The minimum atomic E-state index is 0.658. The molecule has 46 heavy (non-hydrogen) atoms. The lowest BCUT2D eigenvalue weighted by atomic mass is 10.1. The van der Waals surface area contributed by atoms with Gasteiger partial charge in [0.2, 0.25) is 12.7 Å². The van der Waals surface area contributed by atoms with E-state index in [-0.39, 0.29) is 0 Å². The number of hydrogen-bond donors (Lipinski definition) is 0. The molecule has 2 rings (SSSR count). The number of ether oxygens (including phenoxy) is 2. The molecule has 0 saturated carbocycles. The molecule has 266 valence electrons. The Bertz CT molecular complexity index is 823. The Kier molecular flexibility index (Phi) is 27.0. The Balaban J connectivity index is 1.33. The van der Waals surface area contributed by atoms with Crippen LogP contribution in [0, 0.1) is 0 Å². The summed E-state index contributed by atoms with van der Waals surface area (Å²) in [5, 5.41) is 0. The van der Waals surface area contributed by atoms with E-state index >= 15 is 0 Å². The maximum absolute atomic E-state index is 5.82. The van der Waals surface area contributed by atoms with E-state index in [1.807, 2.05) is 0 Å². The Morgan fingerprint density at radius 1 is 0.391 bits per heavy atom. The second-order valence-corrected chi connectivity index (χ2v) is 13.8. The van der Waals surface area contributed by atoms with Gasteiger partial charge in [-0.25, -0.2) is 18.3 Å². The standard InChI is InChI=1S/C40H76N4O2/c1-3-5-7-9-11-13-15-17-19-21-23-25-27-41-29-31-43(39-41)33-35-45-37-38-46-36-34-44-32-30-42(40-44)28-26-24-22-20-18-16-14-12-10-8-6-4-2/h29-32,39-40H,3-28,33-38H2,1-2H3/q+2. The van der Waals surface area contributed by atoms with Gasteiger partial charge in [0.1, 0.15) is 37.9 Å². The van der Waals surface area contributed by atoms with Gasteiger partial charge in [-0.05, 0) is 25.7 Å². The van der Waals surface area contributed by atoms with Crippen LogP contribution in [0.5, 0.6) is 0 Å². The highest BCUT2D eigenvalue weighted by molar-refractivity contribution is 4.67. The van der Waals surface area contributed by atoms with E-state index in [4.69, 9.17) is 9.47 Å². The summed E-state index contributed by atoms with van der Waals surface area (Å²) in [6.45, 7) is 11.4. The van der Waals surface area contributed by atoms with Crippen LogP contribution in [0.1, 0.15) is 168 Å². The van der Waals surface area contributed by atoms with E-state index in [0.717, 1.165) is 39.4 Å². The molecule has 0 atom stereocenters. The summed E-state index contributed by atoms with van der Waals surface area (Å²) in [6.07, 6.45) is 46.8. The van der Waals surface area contributed by atoms with Gasteiger partial charge < -0.3 is 9.47 Å². The lowest BCUT2D eigenvalue weighted by molar-refractivity contribution is -0.697. The van der Waals surface area contributed by atoms with E-state index in [1.54, 1.807) is 0 Å². The predicted molar refractivity (Wildman–Crippen MR) is 193 cm³/mol. The van der Waals surface area contributed by atoms with Crippen molar-refractivity contribution in [2.45, 2.75) is 194 Å². The van der Waals surface area contributed by atoms with Crippen molar-refractivity contribution < 1.29 is 18.6 Å². The number of nitrogens with zero attached hydrogens (tertiary/aromatic N) is 4. The topological polar surface area (TPSA) is 36.1 Å². The Morgan fingerprint density at radius 2 is 0.696 bits per heavy atom. The summed E-state index contributed by atoms with van der Waals surface area (Å²) >= 11 is 0. The van der Waals surface area contributed by atoms with Crippen LogP contribution in [0.4, 0.5) is 0 Å². The van der Waals surface area contributed by atoms with Crippen molar-refractivity contribution in [2.24, 2.45) is 0 Å². The molecule has 0 spiro atoms. The van der Waals surface area contributed by atoms with Gasteiger partial charge in [0.15, 0.2) is 0 Å². The summed E-state index contributed by atoms with van der Waals surface area (Å²) in [5.41, 5.74) is 0. The van der Waals surface area contributed by atoms with Crippen molar-refractivity contribution in [3.63, 3.8) is 0 Å². The molecule has 0 saturated heterocycles. The molecule has 0 fully saturated rings. The monoisotopic (exact) mass is 645 g/mol. The lowest BCUT2D eigenvalue weighted by Crippen LogP contribution is -2.31. The molecule has 0 aliphatic heterocycles. The third kappa shape index (κ3) is 23.6. The molecule has 2 aromatic rings. The number of imidazole rings is 2. The normalized spacial score (nSPS) is 11.6. The molecule has 6 heteroatoms. The molecule has 0 aromatic carbocycles. The molecule has 2 heterocycles. The molecule has 0 bridgehead atoms. The van der Waals surface area contributed by atoms with E-state index in [1.165, 1.54) is 154 Å². The molecule has 6 nitrogen and oxygen atoms in total. The highest BCUT2D eigenvalue weighted by Gasteiger charge is 2.05. The fourth-order valence-corrected chi connectivity index (χ4v) is 6.34. The maximum atomic E-state index is 5.82. The zero-order valence-electron chi connectivity index (χ0n) is 30.7. The molecule has 0 amide bonds. The zero-order valence-corrected chi connectivity index (χ0v) is 30.7. The second-order valence-electron chi connectivity index (χ2n) is 13.8. The number of rotatable bonds is 35. The van der Waals surface area contributed by atoms with Crippen molar-refractivity contribution in [1.82, 2.24) is 9.13 Å². The molecular formula is C40H76N4O2+2. The first-order chi connectivity index (χ1) is 22.8.